The Balaban J connectivity index is 1.39. The summed E-state index contributed by atoms with van der Waals surface area (Å²) in [6.45, 7) is 0. The van der Waals surface area contributed by atoms with E-state index in [1.54, 1.807) is 36.3 Å². The van der Waals surface area contributed by atoms with Gasteiger partial charge in [0.2, 0.25) is 5.91 Å². The van der Waals surface area contributed by atoms with Crippen LogP contribution in [0.5, 0.6) is 11.5 Å². The highest BCUT2D eigenvalue weighted by molar-refractivity contribution is 5.97. The van der Waals surface area contributed by atoms with E-state index < -0.39 is 6.10 Å². The smallest absolute Gasteiger partial charge is 0.227 e. The number of ether oxygens (including phenoxy) is 1. The number of phenols is 1. The third-order valence-corrected chi connectivity index (χ3v) is 7.55. The molecule has 0 spiro atoms. The van der Waals surface area contributed by atoms with Crippen molar-refractivity contribution in [3.05, 3.63) is 114 Å². The number of phenolic OH excluding ortho intramolecular Hbond substituents is 1. The number of amides is 1. The maximum absolute atomic E-state index is 13.4. The van der Waals surface area contributed by atoms with Gasteiger partial charge < -0.3 is 19.8 Å². The minimum Gasteiger partial charge on any atom is -0.507 e. The number of rotatable bonds is 9. The van der Waals surface area contributed by atoms with E-state index in [-0.39, 0.29) is 29.4 Å². The summed E-state index contributed by atoms with van der Waals surface area (Å²) >= 11 is 0. The van der Waals surface area contributed by atoms with Gasteiger partial charge in [0.25, 0.3) is 0 Å². The Hall–Kier alpha value is -4.16. The van der Waals surface area contributed by atoms with Gasteiger partial charge >= 0.3 is 0 Å². The zero-order valence-corrected chi connectivity index (χ0v) is 21.8. The summed E-state index contributed by atoms with van der Waals surface area (Å²) in [6, 6.07) is 28.7. The lowest BCUT2D eigenvalue weighted by atomic mass is 9.87. The Bertz CT molecular complexity index is 1410. The second-order valence-corrected chi connectivity index (χ2v) is 10.0. The van der Waals surface area contributed by atoms with Gasteiger partial charge in [0.15, 0.2) is 0 Å². The standard InChI is InChI=1S/C33H32FNO4/c1-39-28-18-19-29(31(37)21-28)33-25(8-5-9-30(36)24-10-14-26(34)15-11-24)20-32(38)35(33)27-16-12-23(13-17-27)22-6-3-2-4-7-22/h2-4,6-7,10-19,21,25,30,33,36-37H,5,8-9,20H2,1H3/t25-,30+,33-/m0/s1. The third-order valence-electron chi connectivity index (χ3n) is 7.55. The minimum absolute atomic E-state index is 0.00763. The molecule has 39 heavy (non-hydrogen) atoms. The van der Waals surface area contributed by atoms with E-state index >= 15 is 0 Å². The number of benzene rings is 4. The molecule has 0 aliphatic carbocycles. The van der Waals surface area contributed by atoms with Gasteiger partial charge in [-0.1, -0.05) is 61.0 Å². The number of halogens is 1. The third kappa shape index (κ3) is 5.81. The molecule has 4 aromatic carbocycles. The first-order valence-corrected chi connectivity index (χ1v) is 13.2. The first-order chi connectivity index (χ1) is 18.9. The largest absolute Gasteiger partial charge is 0.507 e. The van der Waals surface area contributed by atoms with Gasteiger partial charge in [-0.2, -0.15) is 0 Å². The molecule has 0 aromatic heterocycles. The summed E-state index contributed by atoms with van der Waals surface area (Å²) in [7, 11) is 1.55. The molecule has 0 bridgehead atoms. The van der Waals surface area contributed by atoms with Crippen LogP contribution in [0, 0.1) is 11.7 Å². The van der Waals surface area contributed by atoms with Crippen LogP contribution in [0.4, 0.5) is 10.1 Å². The highest BCUT2D eigenvalue weighted by Gasteiger charge is 2.42. The van der Waals surface area contributed by atoms with Crippen LogP contribution in [0.1, 0.15) is 49.0 Å². The van der Waals surface area contributed by atoms with Crippen molar-refractivity contribution in [2.75, 3.05) is 12.0 Å². The van der Waals surface area contributed by atoms with Gasteiger partial charge in [0.1, 0.15) is 17.3 Å². The van der Waals surface area contributed by atoms with E-state index in [4.69, 9.17) is 4.74 Å². The highest BCUT2D eigenvalue weighted by Crippen LogP contribution is 2.47. The second-order valence-electron chi connectivity index (χ2n) is 10.0. The molecular formula is C33H32FNO4. The van der Waals surface area contributed by atoms with Crippen LogP contribution in [0.2, 0.25) is 0 Å². The van der Waals surface area contributed by atoms with Crippen molar-refractivity contribution in [2.24, 2.45) is 5.92 Å². The number of hydrogen-bond donors (Lipinski definition) is 2. The second kappa shape index (κ2) is 11.7. The molecule has 200 valence electrons. The van der Waals surface area contributed by atoms with Crippen LogP contribution in [-0.4, -0.2) is 23.2 Å². The summed E-state index contributed by atoms with van der Waals surface area (Å²) < 4.78 is 18.5. The predicted molar refractivity (Wildman–Crippen MR) is 150 cm³/mol. The molecule has 1 heterocycles. The van der Waals surface area contributed by atoms with Crippen molar-refractivity contribution in [1.82, 2.24) is 0 Å². The minimum atomic E-state index is -0.711. The van der Waals surface area contributed by atoms with Crippen LogP contribution in [0.3, 0.4) is 0 Å². The van der Waals surface area contributed by atoms with E-state index in [0.29, 0.717) is 42.6 Å². The fourth-order valence-electron chi connectivity index (χ4n) is 5.53. The van der Waals surface area contributed by atoms with Crippen LogP contribution < -0.4 is 9.64 Å². The van der Waals surface area contributed by atoms with Crippen LogP contribution in [0.15, 0.2) is 97.1 Å². The molecule has 0 saturated carbocycles. The van der Waals surface area contributed by atoms with Gasteiger partial charge in [0.05, 0.1) is 19.3 Å². The average Bonchev–Trinajstić information content (AvgIpc) is 3.29. The molecule has 5 rings (SSSR count). The lowest BCUT2D eigenvalue weighted by molar-refractivity contribution is -0.117. The Labute approximate surface area is 228 Å². The Kier molecular flexibility index (Phi) is 7.94. The van der Waals surface area contributed by atoms with Crippen molar-refractivity contribution in [1.29, 1.82) is 0 Å². The molecule has 2 N–H and O–H groups in total. The molecule has 1 saturated heterocycles. The summed E-state index contributed by atoms with van der Waals surface area (Å²) in [5.41, 5.74) is 4.26. The SMILES string of the molecule is COc1ccc([C@@H]2[C@@H](CCC[C@@H](O)c3ccc(F)cc3)CC(=O)N2c2ccc(-c3ccccc3)cc2)c(O)c1. The average molecular weight is 526 g/mol. The van der Waals surface area contributed by atoms with Crippen molar-refractivity contribution < 1.29 is 24.1 Å². The summed E-state index contributed by atoms with van der Waals surface area (Å²) in [6.07, 6.45) is 1.47. The van der Waals surface area contributed by atoms with Gasteiger partial charge in [-0.15, -0.1) is 0 Å². The predicted octanol–water partition coefficient (Wildman–Crippen LogP) is 7.21. The molecule has 1 aliphatic heterocycles. The summed E-state index contributed by atoms with van der Waals surface area (Å²) in [5.74, 6) is 0.210. The van der Waals surface area contributed by atoms with E-state index in [9.17, 15) is 19.4 Å². The molecular weight excluding hydrogens is 493 g/mol. The van der Waals surface area contributed by atoms with Crippen molar-refractivity contribution in [2.45, 2.75) is 37.8 Å². The first-order valence-electron chi connectivity index (χ1n) is 13.2. The molecule has 0 unspecified atom stereocenters. The number of aliphatic hydroxyl groups excluding tert-OH is 1. The van der Waals surface area contributed by atoms with Crippen LogP contribution >= 0.6 is 0 Å². The monoisotopic (exact) mass is 525 g/mol. The van der Waals surface area contributed by atoms with Crippen LogP contribution in [0.25, 0.3) is 11.1 Å². The molecule has 1 amide bonds. The Morgan fingerprint density at radius 2 is 1.64 bits per heavy atom. The van der Waals surface area contributed by atoms with Gasteiger partial charge in [0, 0.05) is 23.7 Å². The lowest BCUT2D eigenvalue weighted by Gasteiger charge is -2.30. The first kappa shape index (κ1) is 26.4. The maximum Gasteiger partial charge on any atom is 0.227 e. The summed E-state index contributed by atoms with van der Waals surface area (Å²) in [4.78, 5) is 15.2. The van der Waals surface area contributed by atoms with Crippen molar-refractivity contribution >= 4 is 11.6 Å². The Morgan fingerprint density at radius 1 is 0.949 bits per heavy atom. The molecule has 6 heteroatoms. The summed E-state index contributed by atoms with van der Waals surface area (Å²) in [5, 5.41) is 21.6. The molecule has 1 fully saturated rings. The fourth-order valence-corrected chi connectivity index (χ4v) is 5.53. The van der Waals surface area contributed by atoms with Crippen molar-refractivity contribution in [3.63, 3.8) is 0 Å². The van der Waals surface area contributed by atoms with Gasteiger partial charge in [-0.05, 0) is 71.8 Å². The van der Waals surface area contributed by atoms with Gasteiger partial charge in [-0.25, -0.2) is 4.39 Å². The number of methoxy groups -OCH3 is 1. The zero-order valence-electron chi connectivity index (χ0n) is 21.8. The topological polar surface area (TPSA) is 70.0 Å². The molecule has 1 aliphatic rings. The quantitative estimate of drug-likeness (QED) is 0.242. The molecule has 3 atom stereocenters. The number of carbonyl (C=O) groups is 1. The number of carbonyl (C=O) groups excluding carboxylic acids is 1. The van der Waals surface area contributed by atoms with E-state index in [1.165, 1.54) is 12.1 Å². The van der Waals surface area contributed by atoms with Crippen molar-refractivity contribution in [3.8, 4) is 22.6 Å². The van der Waals surface area contributed by atoms with E-state index in [2.05, 4.69) is 0 Å². The molecule has 0 radical (unpaired) electrons. The zero-order chi connectivity index (χ0) is 27.4. The van der Waals surface area contributed by atoms with E-state index in [0.717, 1.165) is 16.8 Å². The lowest BCUT2D eigenvalue weighted by Crippen LogP contribution is -2.28. The maximum atomic E-state index is 13.4. The highest BCUT2D eigenvalue weighted by atomic mass is 19.1. The number of nitrogens with zero attached hydrogens (tertiary/aromatic N) is 1. The number of anilines is 1. The number of aromatic hydroxyl groups is 1. The van der Waals surface area contributed by atoms with Crippen LogP contribution in [-0.2, 0) is 4.79 Å². The van der Waals surface area contributed by atoms with Gasteiger partial charge in [-0.3, -0.25) is 4.79 Å². The normalized spacial score (nSPS) is 17.8. The molecule has 5 nitrogen and oxygen atoms in total. The fraction of sp³-hybridized carbons (Fsp3) is 0.242. The van der Waals surface area contributed by atoms with E-state index in [1.807, 2.05) is 60.7 Å². The Morgan fingerprint density at radius 3 is 2.31 bits per heavy atom. The number of hydrogen-bond acceptors (Lipinski definition) is 4. The number of aliphatic hydroxyl groups is 1. The molecule has 4 aromatic rings.